The number of benzene rings is 1. The monoisotopic (exact) mass is 253 g/mol. The third kappa shape index (κ3) is 4.13. The highest BCUT2D eigenvalue weighted by molar-refractivity contribution is 7.85. The zero-order chi connectivity index (χ0) is 12.1. The van der Waals surface area contributed by atoms with E-state index in [-0.39, 0.29) is 0 Å². The van der Waals surface area contributed by atoms with Crippen LogP contribution in [0.4, 0.5) is 0 Å². The molecule has 94 valence electrons. The predicted octanol–water partition coefficient (Wildman–Crippen LogP) is 1.94. The Labute approximate surface area is 105 Å². The van der Waals surface area contributed by atoms with Gasteiger partial charge in [0.1, 0.15) is 5.75 Å². The molecule has 0 spiro atoms. The van der Waals surface area contributed by atoms with Crippen LogP contribution in [0.1, 0.15) is 19.3 Å². The SMILES string of the molecule is COc1cccc(S(=O)CCCNC2CC2)c1. The summed E-state index contributed by atoms with van der Waals surface area (Å²) in [6.45, 7) is 0.973. The molecule has 1 unspecified atom stereocenters. The molecule has 0 aromatic heterocycles. The van der Waals surface area contributed by atoms with Crippen LogP contribution in [0.25, 0.3) is 0 Å². The minimum absolute atomic E-state index is 0.715. The summed E-state index contributed by atoms with van der Waals surface area (Å²) in [6, 6.07) is 8.24. The van der Waals surface area contributed by atoms with Gasteiger partial charge in [-0.05, 0) is 44.0 Å². The lowest BCUT2D eigenvalue weighted by Gasteiger charge is -2.05. The first-order chi connectivity index (χ1) is 8.29. The standard InChI is InChI=1S/C13H19NO2S/c1-16-12-4-2-5-13(10-12)17(15)9-3-8-14-11-6-7-11/h2,4-5,10-11,14H,3,6-9H2,1H3. The Kier molecular flexibility index (Phi) is 4.57. The summed E-state index contributed by atoms with van der Waals surface area (Å²) in [5, 5.41) is 3.43. The van der Waals surface area contributed by atoms with Crippen molar-refractivity contribution < 1.29 is 8.95 Å². The van der Waals surface area contributed by atoms with Gasteiger partial charge < -0.3 is 10.1 Å². The van der Waals surface area contributed by atoms with Gasteiger partial charge >= 0.3 is 0 Å². The van der Waals surface area contributed by atoms with Gasteiger partial charge in [-0.2, -0.15) is 0 Å². The number of methoxy groups -OCH3 is 1. The summed E-state index contributed by atoms with van der Waals surface area (Å²) in [5.41, 5.74) is 0. The number of hydrogen-bond acceptors (Lipinski definition) is 3. The van der Waals surface area contributed by atoms with Crippen molar-refractivity contribution >= 4 is 10.8 Å². The van der Waals surface area contributed by atoms with Gasteiger partial charge in [0.2, 0.25) is 0 Å². The summed E-state index contributed by atoms with van der Waals surface area (Å²) < 4.78 is 17.1. The number of hydrogen-bond donors (Lipinski definition) is 1. The van der Waals surface area contributed by atoms with Gasteiger partial charge in [-0.25, -0.2) is 0 Å². The highest BCUT2D eigenvalue weighted by Crippen LogP contribution is 2.19. The highest BCUT2D eigenvalue weighted by Gasteiger charge is 2.19. The Balaban J connectivity index is 1.76. The van der Waals surface area contributed by atoms with Crippen LogP contribution in [0.3, 0.4) is 0 Å². The molecule has 0 amide bonds. The smallest absolute Gasteiger partial charge is 0.120 e. The molecule has 1 aliphatic rings. The summed E-state index contributed by atoms with van der Waals surface area (Å²) in [7, 11) is 0.717. The minimum Gasteiger partial charge on any atom is -0.497 e. The average molecular weight is 253 g/mol. The molecule has 1 saturated carbocycles. The maximum atomic E-state index is 12.0. The minimum atomic E-state index is -0.910. The topological polar surface area (TPSA) is 38.3 Å². The molecule has 0 heterocycles. The third-order valence-electron chi connectivity index (χ3n) is 2.82. The zero-order valence-electron chi connectivity index (χ0n) is 10.1. The van der Waals surface area contributed by atoms with Crippen molar-refractivity contribution in [1.29, 1.82) is 0 Å². The molecule has 0 radical (unpaired) electrons. The second kappa shape index (κ2) is 6.17. The average Bonchev–Trinajstić information content (AvgIpc) is 3.18. The van der Waals surface area contributed by atoms with Gasteiger partial charge in [-0.1, -0.05) is 6.07 Å². The van der Waals surface area contributed by atoms with E-state index in [2.05, 4.69) is 5.32 Å². The maximum absolute atomic E-state index is 12.0. The zero-order valence-corrected chi connectivity index (χ0v) is 11.0. The van der Waals surface area contributed by atoms with Crippen molar-refractivity contribution in [3.05, 3.63) is 24.3 Å². The molecule has 1 fully saturated rings. The molecular formula is C13H19NO2S. The highest BCUT2D eigenvalue weighted by atomic mass is 32.2. The molecule has 1 aromatic carbocycles. The van der Waals surface area contributed by atoms with Gasteiger partial charge in [0.25, 0.3) is 0 Å². The van der Waals surface area contributed by atoms with E-state index >= 15 is 0 Å². The van der Waals surface area contributed by atoms with Crippen LogP contribution < -0.4 is 10.1 Å². The molecule has 1 N–H and O–H groups in total. The lowest BCUT2D eigenvalue weighted by molar-refractivity contribution is 0.413. The van der Waals surface area contributed by atoms with E-state index in [4.69, 9.17) is 4.74 Å². The van der Waals surface area contributed by atoms with Crippen LogP contribution >= 0.6 is 0 Å². The molecule has 1 atom stereocenters. The maximum Gasteiger partial charge on any atom is 0.120 e. The fourth-order valence-corrected chi connectivity index (χ4v) is 2.78. The normalized spacial score (nSPS) is 16.8. The summed E-state index contributed by atoms with van der Waals surface area (Å²) >= 11 is 0. The molecule has 3 nitrogen and oxygen atoms in total. The second-order valence-corrected chi connectivity index (χ2v) is 5.88. The molecule has 1 aliphatic carbocycles. The van der Waals surface area contributed by atoms with Crippen molar-refractivity contribution in [2.75, 3.05) is 19.4 Å². The van der Waals surface area contributed by atoms with Crippen LogP contribution in [-0.2, 0) is 10.8 Å². The van der Waals surface area contributed by atoms with Gasteiger partial charge in [-0.3, -0.25) is 4.21 Å². The number of nitrogens with one attached hydrogen (secondary N) is 1. The molecule has 0 bridgehead atoms. The molecule has 2 rings (SSSR count). The van der Waals surface area contributed by atoms with Crippen LogP contribution in [0, 0.1) is 0 Å². The van der Waals surface area contributed by atoms with Crippen molar-refractivity contribution in [3.63, 3.8) is 0 Å². The first-order valence-corrected chi connectivity index (χ1v) is 7.37. The van der Waals surface area contributed by atoms with Crippen molar-refractivity contribution in [2.24, 2.45) is 0 Å². The summed E-state index contributed by atoms with van der Waals surface area (Å²) in [6.07, 6.45) is 3.57. The Morgan fingerprint density at radius 3 is 3.00 bits per heavy atom. The van der Waals surface area contributed by atoms with Gasteiger partial charge in [0.15, 0.2) is 0 Å². The quantitative estimate of drug-likeness (QED) is 0.755. The van der Waals surface area contributed by atoms with E-state index in [1.165, 1.54) is 12.8 Å². The Bertz CT molecular complexity index is 391. The Morgan fingerprint density at radius 1 is 1.47 bits per heavy atom. The molecule has 17 heavy (non-hydrogen) atoms. The largest absolute Gasteiger partial charge is 0.497 e. The van der Waals surface area contributed by atoms with Gasteiger partial charge in [0, 0.05) is 16.7 Å². The Hall–Kier alpha value is -0.870. The second-order valence-electron chi connectivity index (χ2n) is 4.31. The fraction of sp³-hybridized carbons (Fsp3) is 0.538. The Morgan fingerprint density at radius 2 is 2.29 bits per heavy atom. The van der Waals surface area contributed by atoms with Crippen molar-refractivity contribution in [2.45, 2.75) is 30.2 Å². The van der Waals surface area contributed by atoms with E-state index in [0.717, 1.165) is 29.7 Å². The first-order valence-electron chi connectivity index (χ1n) is 6.05. The molecular weight excluding hydrogens is 234 g/mol. The lowest BCUT2D eigenvalue weighted by atomic mass is 10.3. The summed E-state index contributed by atoms with van der Waals surface area (Å²) in [4.78, 5) is 0.857. The van der Waals surface area contributed by atoms with E-state index in [1.807, 2.05) is 24.3 Å². The molecule has 0 aliphatic heterocycles. The van der Waals surface area contributed by atoms with Crippen LogP contribution in [-0.4, -0.2) is 29.7 Å². The molecule has 4 heteroatoms. The van der Waals surface area contributed by atoms with Crippen LogP contribution in [0.15, 0.2) is 29.2 Å². The molecule has 0 saturated heterocycles. The predicted molar refractivity (Wildman–Crippen MR) is 69.9 cm³/mol. The number of ether oxygens (including phenoxy) is 1. The molecule has 1 aromatic rings. The van der Waals surface area contributed by atoms with Crippen molar-refractivity contribution in [3.8, 4) is 5.75 Å². The van der Waals surface area contributed by atoms with Crippen LogP contribution in [0.2, 0.25) is 0 Å². The van der Waals surface area contributed by atoms with E-state index in [9.17, 15) is 4.21 Å². The first kappa shape index (κ1) is 12.6. The van der Waals surface area contributed by atoms with E-state index in [0.29, 0.717) is 5.75 Å². The van der Waals surface area contributed by atoms with Crippen molar-refractivity contribution in [1.82, 2.24) is 5.32 Å². The fourth-order valence-electron chi connectivity index (χ4n) is 1.66. The van der Waals surface area contributed by atoms with Gasteiger partial charge in [-0.15, -0.1) is 0 Å². The van der Waals surface area contributed by atoms with E-state index < -0.39 is 10.8 Å². The van der Waals surface area contributed by atoms with Gasteiger partial charge in [0.05, 0.1) is 17.9 Å². The lowest BCUT2D eigenvalue weighted by Crippen LogP contribution is -2.19. The van der Waals surface area contributed by atoms with Crippen LogP contribution in [0.5, 0.6) is 5.75 Å². The summed E-state index contributed by atoms with van der Waals surface area (Å²) in [5.74, 6) is 1.49. The number of rotatable bonds is 7. The third-order valence-corrected chi connectivity index (χ3v) is 4.26. The van der Waals surface area contributed by atoms with E-state index in [1.54, 1.807) is 7.11 Å².